The van der Waals surface area contributed by atoms with Crippen LogP contribution in [0.15, 0.2) is 84.9 Å². The van der Waals surface area contributed by atoms with E-state index in [9.17, 15) is 4.79 Å². The third-order valence-electron chi connectivity index (χ3n) is 8.74. The lowest BCUT2D eigenvalue weighted by molar-refractivity contribution is 0.101. The van der Waals surface area contributed by atoms with Gasteiger partial charge in [-0.2, -0.15) is 0 Å². The van der Waals surface area contributed by atoms with Crippen molar-refractivity contribution in [2.24, 2.45) is 0 Å². The Hall–Kier alpha value is -3.88. The highest BCUT2D eigenvalue weighted by atomic mass is 35.5. The minimum atomic E-state index is 0.0699. The zero-order valence-corrected chi connectivity index (χ0v) is 26.0. The van der Waals surface area contributed by atoms with E-state index in [-0.39, 0.29) is 11.3 Å². The number of allylic oxidation sites excluding steroid dienone is 1. The Balaban J connectivity index is 0.000000189. The smallest absolute Gasteiger partial charge is 0.159 e. The van der Waals surface area contributed by atoms with Gasteiger partial charge in [0.15, 0.2) is 5.78 Å². The van der Waals surface area contributed by atoms with Crippen LogP contribution in [-0.4, -0.2) is 11.3 Å². The summed E-state index contributed by atoms with van der Waals surface area (Å²) in [6.45, 7) is 10.3. The van der Waals surface area contributed by atoms with Crippen LogP contribution in [0, 0.1) is 6.92 Å². The molecule has 0 fully saturated rings. The largest absolute Gasteiger partial charge is 0.376 e. The maximum Gasteiger partial charge on any atom is 0.159 e. The molecule has 0 unspecified atom stereocenters. The Morgan fingerprint density at radius 2 is 1.57 bits per heavy atom. The highest BCUT2D eigenvalue weighted by molar-refractivity contribution is 6.42. The Bertz CT molecular complexity index is 1890. The molecule has 0 saturated heterocycles. The van der Waals surface area contributed by atoms with Gasteiger partial charge in [-0.3, -0.25) is 4.79 Å². The predicted octanol–water partition coefficient (Wildman–Crippen LogP) is 11.0. The second-order valence-corrected chi connectivity index (χ2v) is 12.8. The Labute approximate surface area is 254 Å². The maximum atomic E-state index is 11.9. The molecular weight excluding hydrogens is 534 g/mol. The molecule has 42 heavy (non-hydrogen) atoms. The van der Waals surface area contributed by atoms with Gasteiger partial charge in [-0.05, 0) is 110 Å². The summed E-state index contributed by atoms with van der Waals surface area (Å²) in [4.78, 5) is 11.9. The molecule has 2 nitrogen and oxygen atoms in total. The van der Waals surface area contributed by atoms with E-state index in [1.807, 2.05) is 18.2 Å². The third kappa shape index (κ3) is 5.14. The fraction of sp³-hybridized carbons (Fsp3) is 0.256. The summed E-state index contributed by atoms with van der Waals surface area (Å²) in [6.07, 6.45) is 6.96. The van der Waals surface area contributed by atoms with E-state index in [1.54, 1.807) is 6.92 Å². The van der Waals surface area contributed by atoms with Crippen LogP contribution in [0.25, 0.3) is 38.2 Å². The van der Waals surface area contributed by atoms with Crippen molar-refractivity contribution in [2.75, 3.05) is 5.32 Å². The highest BCUT2D eigenvalue weighted by Gasteiger charge is 2.23. The molecule has 212 valence electrons. The number of hydrogen-bond donors (Lipinski definition) is 1. The molecule has 5 aromatic carbocycles. The van der Waals surface area contributed by atoms with Crippen LogP contribution >= 0.6 is 11.6 Å². The Morgan fingerprint density at radius 1 is 0.833 bits per heavy atom. The van der Waals surface area contributed by atoms with E-state index < -0.39 is 0 Å². The summed E-state index contributed by atoms with van der Waals surface area (Å²) in [6, 6.07) is 27.3. The molecule has 7 rings (SSSR count). The number of aryl methyl sites for hydroxylation is 3. The van der Waals surface area contributed by atoms with Crippen molar-refractivity contribution in [1.29, 1.82) is 0 Å². The van der Waals surface area contributed by atoms with Gasteiger partial charge in [0, 0.05) is 27.8 Å². The fourth-order valence-corrected chi connectivity index (χ4v) is 7.22. The zero-order chi connectivity index (χ0) is 29.6. The molecule has 0 spiro atoms. The van der Waals surface area contributed by atoms with E-state index in [4.69, 9.17) is 11.6 Å². The van der Waals surface area contributed by atoms with E-state index in [1.165, 1.54) is 62.5 Å². The first kappa shape index (κ1) is 28.2. The van der Waals surface area contributed by atoms with Crippen molar-refractivity contribution in [3.63, 3.8) is 0 Å². The number of anilines is 1. The minimum Gasteiger partial charge on any atom is -0.376 e. The number of nitrogens with one attached hydrogen (secondary N) is 1. The van der Waals surface area contributed by atoms with Crippen molar-refractivity contribution in [1.82, 2.24) is 0 Å². The maximum absolute atomic E-state index is 11.9. The molecule has 0 atom stereocenters. The number of Topliss-reactive ketones (excluding diaryl/α,β-unsaturated/α-hetero) is 1. The number of ketones is 1. The summed E-state index contributed by atoms with van der Waals surface area (Å²) in [5.74, 6) is 0.0699. The molecule has 1 aliphatic heterocycles. The third-order valence-corrected chi connectivity index (χ3v) is 9.12. The quantitative estimate of drug-likeness (QED) is 0.169. The lowest BCUT2D eigenvalue weighted by Crippen LogP contribution is -2.31. The first-order chi connectivity index (χ1) is 20.1. The van der Waals surface area contributed by atoms with Crippen LogP contribution in [-0.2, 0) is 12.8 Å². The van der Waals surface area contributed by atoms with Gasteiger partial charge in [0.2, 0.25) is 0 Å². The first-order valence-corrected chi connectivity index (χ1v) is 15.4. The van der Waals surface area contributed by atoms with Crippen molar-refractivity contribution >= 4 is 50.2 Å². The number of hydrogen-bond acceptors (Lipinski definition) is 2. The van der Waals surface area contributed by atoms with Gasteiger partial charge in [0.1, 0.15) is 0 Å². The highest BCUT2D eigenvalue weighted by Crippen LogP contribution is 2.45. The predicted molar refractivity (Wildman–Crippen MR) is 181 cm³/mol. The van der Waals surface area contributed by atoms with Crippen LogP contribution in [0.3, 0.4) is 0 Å². The average Bonchev–Trinajstić information content (AvgIpc) is 2.97. The summed E-state index contributed by atoms with van der Waals surface area (Å²) in [7, 11) is 0. The zero-order valence-electron chi connectivity index (χ0n) is 25.2. The number of rotatable bonds is 2. The fourth-order valence-electron chi connectivity index (χ4n) is 6.80. The molecular formula is C39H38ClNO. The van der Waals surface area contributed by atoms with Crippen LogP contribution in [0.4, 0.5) is 5.69 Å². The Morgan fingerprint density at radius 3 is 2.36 bits per heavy atom. The molecule has 2 aliphatic rings. The van der Waals surface area contributed by atoms with Gasteiger partial charge in [-0.15, -0.1) is 0 Å². The molecule has 0 saturated carbocycles. The molecule has 1 aliphatic carbocycles. The van der Waals surface area contributed by atoms with Gasteiger partial charge in [0.25, 0.3) is 0 Å². The topological polar surface area (TPSA) is 29.1 Å². The summed E-state index contributed by atoms with van der Waals surface area (Å²) >= 11 is 7.14. The van der Waals surface area contributed by atoms with Gasteiger partial charge in [-0.1, -0.05) is 90.5 Å². The van der Waals surface area contributed by atoms with E-state index in [2.05, 4.69) is 99.8 Å². The average molecular weight is 572 g/mol. The van der Waals surface area contributed by atoms with E-state index in [0.29, 0.717) is 5.56 Å². The van der Waals surface area contributed by atoms with Crippen LogP contribution in [0.1, 0.15) is 73.1 Å². The van der Waals surface area contributed by atoms with Gasteiger partial charge in [0.05, 0.1) is 10.6 Å². The summed E-state index contributed by atoms with van der Waals surface area (Å²) < 4.78 is 0. The van der Waals surface area contributed by atoms with Crippen molar-refractivity contribution in [2.45, 2.75) is 65.8 Å². The van der Waals surface area contributed by atoms with Crippen LogP contribution in [0.5, 0.6) is 0 Å². The lowest BCUT2D eigenvalue weighted by atomic mass is 9.84. The van der Waals surface area contributed by atoms with Crippen molar-refractivity contribution in [3.8, 4) is 11.1 Å². The molecule has 1 N–H and O–H groups in total. The van der Waals surface area contributed by atoms with Gasteiger partial charge >= 0.3 is 0 Å². The standard InChI is InChI=1S/C26H21ClO.C13H17N/c1-16(28)18-8-6-9-19(15-18)24-22-12-5-4-11-21(22)23-14-13-17-7-2-3-10-20(17)25(23)26(24)27;1-9-6-5-7-11-10(2)8-13(3,4)14-12(9)11/h4-6,8-9,11-15H,2-3,7,10H2,1H3;5-8,14H,1-4H3. The van der Waals surface area contributed by atoms with Gasteiger partial charge in [-0.25, -0.2) is 0 Å². The monoisotopic (exact) mass is 571 g/mol. The van der Waals surface area contributed by atoms with Crippen LogP contribution in [0.2, 0.25) is 5.02 Å². The SMILES string of the molecule is CC(=O)c1cccc(-c2c(Cl)c3c4c(ccc3c3ccccc23)CCCC4)c1.CC1=CC(C)(C)Nc2c(C)cccc21. The molecule has 0 amide bonds. The summed E-state index contributed by atoms with van der Waals surface area (Å²) in [5, 5.41) is 9.15. The number of carbonyl (C=O) groups is 1. The number of halogens is 1. The molecule has 0 bridgehead atoms. The minimum absolute atomic E-state index is 0.0699. The van der Waals surface area contributed by atoms with Gasteiger partial charge < -0.3 is 5.32 Å². The molecule has 0 aromatic heterocycles. The van der Waals surface area contributed by atoms with Crippen LogP contribution < -0.4 is 5.32 Å². The summed E-state index contributed by atoms with van der Waals surface area (Å²) in [5.41, 5.74) is 11.0. The molecule has 0 radical (unpaired) electrons. The second-order valence-electron chi connectivity index (χ2n) is 12.4. The molecule has 5 aromatic rings. The Kier molecular flexibility index (Phi) is 7.45. The number of carbonyl (C=O) groups excluding carboxylic acids is 1. The first-order valence-electron chi connectivity index (χ1n) is 15.0. The second kappa shape index (κ2) is 11.1. The van der Waals surface area contributed by atoms with Crippen molar-refractivity contribution in [3.05, 3.63) is 118 Å². The number of para-hydroxylation sites is 1. The normalized spacial score (nSPS) is 15.1. The lowest BCUT2D eigenvalue weighted by Gasteiger charge is -2.32. The number of fused-ring (bicyclic) bond motifs is 6. The van der Waals surface area contributed by atoms with E-state index >= 15 is 0 Å². The molecule has 1 heterocycles. The van der Waals surface area contributed by atoms with E-state index in [0.717, 1.165) is 34.4 Å². The molecule has 3 heteroatoms. The number of benzene rings is 5. The van der Waals surface area contributed by atoms with Crippen molar-refractivity contribution < 1.29 is 4.79 Å².